The lowest BCUT2D eigenvalue weighted by Gasteiger charge is -1.90. The molecule has 0 bridgehead atoms. The molecule has 0 N–H and O–H groups in total. The van der Waals surface area contributed by atoms with Gasteiger partial charge in [0.1, 0.15) is 5.58 Å². The van der Waals surface area contributed by atoms with Crippen molar-refractivity contribution in [2.45, 2.75) is 12.8 Å². The van der Waals surface area contributed by atoms with E-state index in [0.29, 0.717) is 6.42 Å². The molecule has 2 rings (SSSR count). The van der Waals surface area contributed by atoms with E-state index in [4.69, 9.17) is 9.68 Å². The molecule has 0 atom stereocenters. The standard InChI is InChI=1S/C11H9NO/c12-7-3-4-9-8-13-11-6-2-1-5-10(9)11/h1-2,5-6,8H,3-4H2. The number of aryl methyl sites for hydroxylation is 1. The molecule has 0 saturated heterocycles. The number of para-hydroxylation sites is 1. The molecule has 2 nitrogen and oxygen atoms in total. The third-order valence-corrected chi connectivity index (χ3v) is 2.07. The van der Waals surface area contributed by atoms with E-state index in [1.54, 1.807) is 6.26 Å². The van der Waals surface area contributed by atoms with Gasteiger partial charge in [0.05, 0.1) is 12.3 Å². The number of rotatable bonds is 2. The molecule has 1 aromatic carbocycles. The van der Waals surface area contributed by atoms with E-state index in [9.17, 15) is 0 Å². The summed E-state index contributed by atoms with van der Waals surface area (Å²) in [5, 5.41) is 9.58. The molecule has 13 heavy (non-hydrogen) atoms. The maximum absolute atomic E-state index is 8.46. The Balaban J connectivity index is 2.41. The first-order valence-corrected chi connectivity index (χ1v) is 4.24. The van der Waals surface area contributed by atoms with Gasteiger partial charge in [0.2, 0.25) is 0 Å². The Labute approximate surface area is 76.4 Å². The van der Waals surface area contributed by atoms with E-state index >= 15 is 0 Å². The van der Waals surface area contributed by atoms with Crippen LogP contribution in [0.25, 0.3) is 11.0 Å². The molecule has 1 aromatic heterocycles. The molecule has 0 radical (unpaired) electrons. The average Bonchev–Trinajstić information content (AvgIpc) is 2.58. The molecule has 0 amide bonds. The summed E-state index contributed by atoms with van der Waals surface area (Å²) in [7, 11) is 0. The summed E-state index contributed by atoms with van der Waals surface area (Å²) >= 11 is 0. The summed E-state index contributed by atoms with van der Waals surface area (Å²) in [6.45, 7) is 0. The number of hydrogen-bond acceptors (Lipinski definition) is 2. The Bertz CT molecular complexity index is 450. The van der Waals surface area contributed by atoms with Crippen LogP contribution < -0.4 is 0 Å². The van der Waals surface area contributed by atoms with Gasteiger partial charge in [0.15, 0.2) is 0 Å². The molecule has 64 valence electrons. The third-order valence-electron chi connectivity index (χ3n) is 2.07. The Kier molecular flexibility index (Phi) is 2.01. The Morgan fingerprint density at radius 2 is 2.15 bits per heavy atom. The highest BCUT2D eigenvalue weighted by molar-refractivity contribution is 5.80. The fourth-order valence-electron chi connectivity index (χ4n) is 1.42. The maximum Gasteiger partial charge on any atom is 0.134 e. The first-order chi connectivity index (χ1) is 6.42. The minimum absolute atomic E-state index is 0.545. The fraction of sp³-hybridized carbons (Fsp3) is 0.182. The van der Waals surface area contributed by atoms with Gasteiger partial charge in [-0.25, -0.2) is 0 Å². The van der Waals surface area contributed by atoms with Crippen LogP contribution in [0.4, 0.5) is 0 Å². The van der Waals surface area contributed by atoms with Crippen LogP contribution in [0.2, 0.25) is 0 Å². The van der Waals surface area contributed by atoms with Crippen molar-refractivity contribution >= 4 is 11.0 Å². The largest absolute Gasteiger partial charge is 0.464 e. The van der Waals surface area contributed by atoms with E-state index in [1.807, 2.05) is 24.3 Å². The van der Waals surface area contributed by atoms with Crippen molar-refractivity contribution in [3.8, 4) is 6.07 Å². The molecule has 1 heterocycles. The zero-order chi connectivity index (χ0) is 9.10. The summed E-state index contributed by atoms with van der Waals surface area (Å²) in [5.74, 6) is 0. The van der Waals surface area contributed by atoms with Crippen molar-refractivity contribution in [1.29, 1.82) is 5.26 Å². The van der Waals surface area contributed by atoms with Crippen LogP contribution in [-0.4, -0.2) is 0 Å². The van der Waals surface area contributed by atoms with Crippen LogP contribution in [-0.2, 0) is 6.42 Å². The van der Waals surface area contributed by atoms with Crippen LogP contribution in [0.3, 0.4) is 0 Å². The number of fused-ring (bicyclic) bond motifs is 1. The van der Waals surface area contributed by atoms with E-state index in [-0.39, 0.29) is 0 Å². The highest BCUT2D eigenvalue weighted by Gasteiger charge is 2.03. The van der Waals surface area contributed by atoms with Crippen molar-refractivity contribution in [3.05, 3.63) is 36.1 Å². The summed E-state index contributed by atoms with van der Waals surface area (Å²) in [4.78, 5) is 0. The molecular weight excluding hydrogens is 162 g/mol. The minimum atomic E-state index is 0.545. The fourth-order valence-corrected chi connectivity index (χ4v) is 1.42. The molecule has 0 aliphatic heterocycles. The predicted molar refractivity (Wildman–Crippen MR) is 50.1 cm³/mol. The first-order valence-electron chi connectivity index (χ1n) is 4.24. The molecule has 0 unspecified atom stereocenters. The summed E-state index contributed by atoms with van der Waals surface area (Å²) in [5.41, 5.74) is 2.02. The van der Waals surface area contributed by atoms with Gasteiger partial charge in [-0.05, 0) is 18.1 Å². The highest BCUT2D eigenvalue weighted by atomic mass is 16.3. The highest BCUT2D eigenvalue weighted by Crippen LogP contribution is 2.21. The second-order valence-corrected chi connectivity index (χ2v) is 2.92. The van der Waals surface area contributed by atoms with Crippen LogP contribution in [0.15, 0.2) is 34.9 Å². The first kappa shape index (κ1) is 7.88. The molecule has 2 heteroatoms. The Morgan fingerprint density at radius 3 is 3.00 bits per heavy atom. The van der Waals surface area contributed by atoms with Crippen molar-refractivity contribution < 1.29 is 4.42 Å². The lowest BCUT2D eigenvalue weighted by atomic mass is 10.1. The van der Waals surface area contributed by atoms with Crippen LogP contribution in [0.5, 0.6) is 0 Å². The topological polar surface area (TPSA) is 36.9 Å². The third kappa shape index (κ3) is 1.41. The van der Waals surface area contributed by atoms with Crippen molar-refractivity contribution in [1.82, 2.24) is 0 Å². The molecular formula is C11H9NO. The lowest BCUT2D eigenvalue weighted by Crippen LogP contribution is -1.79. The second kappa shape index (κ2) is 3.32. The zero-order valence-electron chi connectivity index (χ0n) is 7.16. The minimum Gasteiger partial charge on any atom is -0.464 e. The van der Waals surface area contributed by atoms with Gasteiger partial charge in [0.25, 0.3) is 0 Å². The number of nitriles is 1. The zero-order valence-corrected chi connectivity index (χ0v) is 7.16. The maximum atomic E-state index is 8.46. The second-order valence-electron chi connectivity index (χ2n) is 2.92. The van der Waals surface area contributed by atoms with E-state index in [1.165, 1.54) is 0 Å². The van der Waals surface area contributed by atoms with E-state index < -0.39 is 0 Å². The smallest absolute Gasteiger partial charge is 0.134 e. The number of benzene rings is 1. The number of hydrogen-bond donors (Lipinski definition) is 0. The number of furan rings is 1. The van der Waals surface area contributed by atoms with Gasteiger partial charge < -0.3 is 4.42 Å². The van der Waals surface area contributed by atoms with Crippen LogP contribution >= 0.6 is 0 Å². The summed E-state index contributed by atoms with van der Waals surface area (Å²) in [6, 6.07) is 10.0. The van der Waals surface area contributed by atoms with E-state index in [2.05, 4.69) is 6.07 Å². The van der Waals surface area contributed by atoms with Crippen LogP contribution in [0.1, 0.15) is 12.0 Å². The number of nitrogens with zero attached hydrogens (tertiary/aromatic N) is 1. The van der Waals surface area contributed by atoms with Gasteiger partial charge in [0, 0.05) is 11.8 Å². The molecule has 0 saturated carbocycles. The monoisotopic (exact) mass is 171 g/mol. The van der Waals surface area contributed by atoms with Gasteiger partial charge in [-0.2, -0.15) is 5.26 Å². The molecule has 0 spiro atoms. The lowest BCUT2D eigenvalue weighted by molar-refractivity contribution is 0.610. The summed E-state index contributed by atoms with van der Waals surface area (Å²) in [6.07, 6.45) is 3.05. The van der Waals surface area contributed by atoms with Gasteiger partial charge in [-0.15, -0.1) is 0 Å². The summed E-state index contributed by atoms with van der Waals surface area (Å²) < 4.78 is 5.34. The Morgan fingerprint density at radius 1 is 1.31 bits per heavy atom. The molecule has 0 fully saturated rings. The average molecular weight is 171 g/mol. The van der Waals surface area contributed by atoms with Crippen molar-refractivity contribution in [2.75, 3.05) is 0 Å². The molecule has 0 aliphatic carbocycles. The quantitative estimate of drug-likeness (QED) is 0.696. The predicted octanol–water partition coefficient (Wildman–Crippen LogP) is 2.89. The van der Waals surface area contributed by atoms with Crippen molar-refractivity contribution in [3.63, 3.8) is 0 Å². The normalized spacial score (nSPS) is 10.1. The van der Waals surface area contributed by atoms with Crippen molar-refractivity contribution in [2.24, 2.45) is 0 Å². The molecule has 0 aliphatic rings. The molecule has 2 aromatic rings. The van der Waals surface area contributed by atoms with Gasteiger partial charge >= 0.3 is 0 Å². The Hall–Kier alpha value is -1.75. The van der Waals surface area contributed by atoms with Gasteiger partial charge in [-0.1, -0.05) is 18.2 Å². The van der Waals surface area contributed by atoms with E-state index in [0.717, 1.165) is 23.0 Å². The SMILES string of the molecule is N#CCCc1coc2ccccc12. The van der Waals surface area contributed by atoms with Gasteiger partial charge in [-0.3, -0.25) is 0 Å². The van der Waals surface area contributed by atoms with Crippen LogP contribution in [0, 0.1) is 11.3 Å².